The molecular weight excluding hydrogens is 452 g/mol. The predicted molar refractivity (Wildman–Crippen MR) is 144 cm³/mol. The van der Waals surface area contributed by atoms with Gasteiger partial charge in [-0.15, -0.1) is 0 Å². The van der Waals surface area contributed by atoms with Crippen LogP contribution in [0, 0.1) is 0 Å². The topological polar surface area (TPSA) is 83.3 Å². The fraction of sp³-hybridized carbons (Fsp3) is 0.241. The number of aryl methyl sites for hydroxylation is 1. The van der Waals surface area contributed by atoms with Crippen LogP contribution in [0.5, 0.6) is 0 Å². The molecule has 0 spiro atoms. The third-order valence-electron chi connectivity index (χ3n) is 6.67. The van der Waals surface area contributed by atoms with Gasteiger partial charge < -0.3 is 19.6 Å². The van der Waals surface area contributed by atoms with Crippen molar-refractivity contribution >= 4 is 33.6 Å². The first-order chi connectivity index (χ1) is 17.5. The van der Waals surface area contributed by atoms with Gasteiger partial charge in [0.25, 0.3) is 0 Å². The molecule has 7 heteroatoms. The lowest BCUT2D eigenvalue weighted by molar-refractivity contribution is -0.121. The molecule has 1 atom stereocenters. The molecule has 7 nitrogen and oxygen atoms in total. The number of nitrogens with zero attached hydrogens (tertiary/aromatic N) is 2. The minimum atomic E-state index is -0.392. The fourth-order valence-electron chi connectivity index (χ4n) is 4.72. The molecule has 0 saturated carbocycles. The van der Waals surface area contributed by atoms with Crippen LogP contribution in [-0.2, 0) is 11.3 Å². The second-order valence-corrected chi connectivity index (χ2v) is 9.22. The van der Waals surface area contributed by atoms with E-state index < -0.39 is 5.76 Å². The molecule has 2 aromatic heterocycles. The molecular formula is C29H30N4O3. The molecule has 0 unspecified atom stereocenters. The van der Waals surface area contributed by atoms with E-state index in [0.29, 0.717) is 31.5 Å². The number of hydrogen-bond acceptors (Lipinski definition) is 4. The predicted octanol–water partition coefficient (Wildman–Crippen LogP) is 4.87. The zero-order chi connectivity index (χ0) is 25.1. The number of benzene rings is 3. The maximum absolute atomic E-state index is 12.8. The van der Waals surface area contributed by atoms with Gasteiger partial charge in [0.1, 0.15) is 0 Å². The third-order valence-corrected chi connectivity index (χ3v) is 6.67. The van der Waals surface area contributed by atoms with Crippen molar-refractivity contribution in [2.75, 3.05) is 25.5 Å². The molecule has 0 fully saturated rings. The van der Waals surface area contributed by atoms with E-state index in [1.165, 1.54) is 0 Å². The van der Waals surface area contributed by atoms with Gasteiger partial charge in [-0.25, -0.2) is 4.79 Å². The van der Waals surface area contributed by atoms with Gasteiger partial charge in [-0.3, -0.25) is 9.36 Å². The summed E-state index contributed by atoms with van der Waals surface area (Å²) in [4.78, 5) is 30.4. The SMILES string of the molecule is CN(C)c1ccc([C@@H](CNC(=O)CCCn2c(=O)oc3ccccc32)c2c[nH]c3ccccc23)cc1. The number of aromatic amines is 1. The first kappa shape index (κ1) is 23.5. The number of carbonyl (C=O) groups excluding carboxylic acids is 1. The van der Waals surface area contributed by atoms with Crippen molar-refractivity contribution in [1.29, 1.82) is 0 Å². The van der Waals surface area contributed by atoms with Crippen LogP contribution in [0.25, 0.3) is 22.0 Å². The van der Waals surface area contributed by atoms with E-state index in [4.69, 9.17) is 4.42 Å². The Bertz CT molecular complexity index is 1540. The van der Waals surface area contributed by atoms with E-state index in [-0.39, 0.29) is 11.8 Å². The lowest BCUT2D eigenvalue weighted by atomic mass is 9.90. The molecule has 0 aliphatic rings. The largest absolute Gasteiger partial charge is 0.419 e. The summed E-state index contributed by atoms with van der Waals surface area (Å²) in [6.07, 6.45) is 2.91. The highest BCUT2D eigenvalue weighted by molar-refractivity contribution is 5.84. The quantitative estimate of drug-likeness (QED) is 0.314. The van der Waals surface area contributed by atoms with Crippen molar-refractivity contribution in [3.8, 4) is 0 Å². The number of para-hydroxylation sites is 3. The smallest absolute Gasteiger partial charge is 0.408 e. The molecule has 2 N–H and O–H groups in total. The Morgan fingerprint density at radius 3 is 2.58 bits per heavy atom. The highest BCUT2D eigenvalue weighted by Crippen LogP contribution is 2.31. The normalized spacial score (nSPS) is 12.2. The molecule has 0 aliphatic carbocycles. The summed E-state index contributed by atoms with van der Waals surface area (Å²) >= 11 is 0. The molecule has 5 rings (SSSR count). The number of H-pyrrole nitrogens is 1. The van der Waals surface area contributed by atoms with Crippen molar-refractivity contribution in [3.63, 3.8) is 0 Å². The zero-order valence-electron chi connectivity index (χ0n) is 20.5. The lowest BCUT2D eigenvalue weighted by Gasteiger charge is -2.20. The monoisotopic (exact) mass is 482 g/mol. The summed E-state index contributed by atoms with van der Waals surface area (Å²) in [6, 6.07) is 24.0. The first-order valence-electron chi connectivity index (χ1n) is 12.2. The molecule has 36 heavy (non-hydrogen) atoms. The Morgan fingerprint density at radius 2 is 1.78 bits per heavy atom. The van der Waals surface area contributed by atoms with Crippen molar-refractivity contribution in [3.05, 3.63) is 101 Å². The summed E-state index contributed by atoms with van der Waals surface area (Å²) in [6.45, 7) is 0.914. The average molecular weight is 483 g/mol. The van der Waals surface area contributed by atoms with Gasteiger partial charge >= 0.3 is 5.76 Å². The Hall–Kier alpha value is -4.26. The molecule has 0 radical (unpaired) electrons. The second kappa shape index (κ2) is 10.2. The van der Waals surface area contributed by atoms with Crippen molar-refractivity contribution < 1.29 is 9.21 Å². The molecule has 184 valence electrons. The number of carbonyl (C=O) groups is 1. The average Bonchev–Trinajstić information content (AvgIpc) is 3.45. The van der Waals surface area contributed by atoms with Gasteiger partial charge in [-0.2, -0.15) is 0 Å². The van der Waals surface area contributed by atoms with Crippen molar-refractivity contribution in [2.24, 2.45) is 0 Å². The number of amides is 1. The van der Waals surface area contributed by atoms with E-state index >= 15 is 0 Å². The fourth-order valence-corrected chi connectivity index (χ4v) is 4.72. The Kier molecular flexibility index (Phi) is 6.62. The molecule has 0 saturated heterocycles. The number of oxazole rings is 1. The zero-order valence-corrected chi connectivity index (χ0v) is 20.5. The van der Waals surface area contributed by atoms with Crippen LogP contribution in [0.15, 0.2) is 88.2 Å². The maximum Gasteiger partial charge on any atom is 0.419 e. The van der Waals surface area contributed by atoms with E-state index in [2.05, 4.69) is 51.6 Å². The molecule has 3 aromatic carbocycles. The number of anilines is 1. The number of rotatable bonds is 9. The number of hydrogen-bond donors (Lipinski definition) is 2. The molecule has 0 aliphatic heterocycles. The summed E-state index contributed by atoms with van der Waals surface area (Å²) in [5.74, 6) is -0.426. The Balaban J connectivity index is 1.29. The van der Waals surface area contributed by atoms with Gasteiger partial charge in [0, 0.05) is 62.3 Å². The summed E-state index contributed by atoms with van der Waals surface area (Å²) in [7, 11) is 4.04. The van der Waals surface area contributed by atoms with Crippen LogP contribution in [0.4, 0.5) is 5.69 Å². The minimum Gasteiger partial charge on any atom is -0.408 e. The van der Waals surface area contributed by atoms with Crippen LogP contribution in [-0.4, -0.2) is 36.1 Å². The molecule has 1 amide bonds. The van der Waals surface area contributed by atoms with E-state index in [1.54, 1.807) is 10.6 Å². The molecule has 0 bridgehead atoms. The second-order valence-electron chi connectivity index (χ2n) is 9.22. The van der Waals surface area contributed by atoms with Crippen LogP contribution in [0.2, 0.25) is 0 Å². The van der Waals surface area contributed by atoms with E-state index in [0.717, 1.165) is 33.2 Å². The number of aromatic nitrogens is 2. The number of nitrogens with one attached hydrogen (secondary N) is 2. The summed E-state index contributed by atoms with van der Waals surface area (Å²) in [5, 5.41) is 4.28. The van der Waals surface area contributed by atoms with Crippen LogP contribution >= 0.6 is 0 Å². The van der Waals surface area contributed by atoms with Crippen molar-refractivity contribution in [1.82, 2.24) is 14.9 Å². The Labute approximate surface area is 209 Å². The Morgan fingerprint density at radius 1 is 1.03 bits per heavy atom. The standard InChI is InChI=1S/C29H30N4O3/c1-32(2)21-15-13-20(14-16-21)23(24-19-30-25-9-4-3-8-22(24)25)18-31-28(34)12-7-17-33-26-10-5-6-11-27(26)36-29(33)35/h3-6,8-11,13-16,19,23,30H,7,12,17-18H2,1-2H3,(H,31,34)/t23-/m1/s1. The van der Waals surface area contributed by atoms with Gasteiger partial charge in [0.15, 0.2) is 5.58 Å². The highest BCUT2D eigenvalue weighted by atomic mass is 16.4. The maximum atomic E-state index is 12.8. The summed E-state index contributed by atoms with van der Waals surface area (Å²) in [5.41, 5.74) is 5.81. The lowest BCUT2D eigenvalue weighted by Crippen LogP contribution is -2.29. The molecule has 2 heterocycles. The number of fused-ring (bicyclic) bond motifs is 2. The van der Waals surface area contributed by atoms with Gasteiger partial charge in [-0.1, -0.05) is 42.5 Å². The van der Waals surface area contributed by atoms with E-state index in [9.17, 15) is 9.59 Å². The van der Waals surface area contributed by atoms with Crippen LogP contribution in [0.1, 0.15) is 29.9 Å². The first-order valence-corrected chi connectivity index (χ1v) is 12.2. The van der Waals surface area contributed by atoms with Gasteiger partial charge in [0.05, 0.1) is 5.52 Å². The molecule has 5 aromatic rings. The minimum absolute atomic E-state index is 0.00162. The third kappa shape index (κ3) is 4.77. The van der Waals surface area contributed by atoms with E-state index in [1.807, 2.05) is 50.6 Å². The van der Waals surface area contributed by atoms with Crippen LogP contribution < -0.4 is 16.0 Å². The van der Waals surface area contributed by atoms with Crippen LogP contribution in [0.3, 0.4) is 0 Å². The van der Waals surface area contributed by atoms with Crippen molar-refractivity contribution in [2.45, 2.75) is 25.3 Å². The van der Waals surface area contributed by atoms with Gasteiger partial charge in [0.2, 0.25) is 5.91 Å². The van der Waals surface area contributed by atoms with Gasteiger partial charge in [-0.05, 0) is 47.9 Å². The highest BCUT2D eigenvalue weighted by Gasteiger charge is 2.19. The summed E-state index contributed by atoms with van der Waals surface area (Å²) < 4.78 is 6.87.